The first kappa shape index (κ1) is 6.42. The molecule has 0 aliphatic heterocycles. The van der Waals surface area contributed by atoms with Crippen LogP contribution in [0.5, 0.6) is 0 Å². The number of hydrogen-bond acceptors (Lipinski definition) is 2. The minimum Gasteiger partial charge on any atom is -0.185 e. The molecule has 0 spiro atoms. The van der Waals surface area contributed by atoms with Gasteiger partial charge >= 0.3 is 0 Å². The highest BCUT2D eigenvalue weighted by Gasteiger charge is 1.92. The van der Waals surface area contributed by atoms with Gasteiger partial charge < -0.3 is 0 Å². The van der Waals surface area contributed by atoms with Gasteiger partial charge in [-0.3, -0.25) is 0 Å². The van der Waals surface area contributed by atoms with Crippen molar-refractivity contribution in [3.8, 4) is 5.40 Å². The van der Waals surface area contributed by atoms with Gasteiger partial charge in [0.25, 0.3) is 0 Å². The van der Waals surface area contributed by atoms with Crippen molar-refractivity contribution in [3.63, 3.8) is 0 Å². The Kier molecular flexibility index (Phi) is 3.86. The third-order valence-corrected chi connectivity index (χ3v) is 0.960. The van der Waals surface area contributed by atoms with Crippen molar-refractivity contribution in [3.05, 3.63) is 0 Å². The van der Waals surface area contributed by atoms with Crippen LogP contribution in [0.1, 0.15) is 0 Å². The molecule has 0 saturated carbocycles. The zero-order chi connectivity index (χ0) is 4.99. The fraction of sp³-hybridized carbons (Fsp3) is 0.500. The molecule has 0 radical (unpaired) electrons. The van der Waals surface area contributed by atoms with Gasteiger partial charge in [-0.2, -0.15) is 5.26 Å². The van der Waals surface area contributed by atoms with Gasteiger partial charge in [0.05, 0.1) is 0 Å². The molecule has 0 N–H and O–H groups in total. The van der Waals surface area contributed by atoms with Crippen molar-refractivity contribution in [2.24, 2.45) is 0 Å². The third kappa shape index (κ3) is 4.42. The average molecular weight is 142 g/mol. The number of halogens is 2. The van der Waals surface area contributed by atoms with E-state index in [0.29, 0.717) is 0 Å². The summed E-state index contributed by atoms with van der Waals surface area (Å²) in [6.45, 7) is 0. The number of thioether (sulfide) groups is 1. The average Bonchev–Trinajstić information content (AvgIpc) is 1.35. The van der Waals surface area contributed by atoms with E-state index >= 15 is 0 Å². The second-order valence-electron chi connectivity index (χ2n) is 0.470. The maximum Gasteiger partial charge on any atom is 0.166 e. The Morgan fingerprint density at radius 2 is 2.17 bits per heavy atom. The molecule has 0 saturated heterocycles. The number of nitriles is 1. The Morgan fingerprint density at radius 3 is 2.17 bits per heavy atom. The molecule has 6 heavy (non-hydrogen) atoms. The highest BCUT2D eigenvalue weighted by atomic mass is 35.5. The number of rotatable bonds is 1. The Hall–Kier alpha value is 0.420. The smallest absolute Gasteiger partial charge is 0.166 e. The molecule has 0 aromatic carbocycles. The minimum absolute atomic E-state index is 0.602. The predicted octanol–water partition coefficient (Wildman–Crippen LogP) is 1.96. The van der Waals surface area contributed by atoms with Gasteiger partial charge in [-0.25, -0.2) is 0 Å². The number of alkyl halides is 2. The summed E-state index contributed by atoms with van der Waals surface area (Å²) in [5.41, 5.74) is 0. The summed E-state index contributed by atoms with van der Waals surface area (Å²) in [6.07, 6.45) is 0. The van der Waals surface area contributed by atoms with E-state index in [0.717, 1.165) is 11.8 Å². The molecule has 0 fully saturated rings. The minimum atomic E-state index is -0.602. The first-order valence-corrected chi connectivity index (χ1v) is 2.85. The van der Waals surface area contributed by atoms with Gasteiger partial charge in [-0.15, -0.1) is 0 Å². The molecule has 0 aliphatic rings. The highest BCUT2D eigenvalue weighted by Crippen LogP contribution is 2.16. The SMILES string of the molecule is N#CSC(Cl)Cl. The van der Waals surface area contributed by atoms with Gasteiger partial charge in [0, 0.05) is 0 Å². The van der Waals surface area contributed by atoms with Crippen LogP contribution in [-0.2, 0) is 0 Å². The third-order valence-electron chi connectivity index (χ3n) is 0.142. The normalized spacial score (nSPS) is 8.33. The summed E-state index contributed by atoms with van der Waals surface area (Å²) in [6, 6.07) is 0. The second kappa shape index (κ2) is 3.60. The molecule has 0 heterocycles. The standard InChI is InChI=1S/C2HCl2NS/c3-2(4)6-1-5/h2H. The molecule has 0 rings (SSSR count). The molecule has 0 aromatic heterocycles. The van der Waals surface area contributed by atoms with Gasteiger partial charge in [0.1, 0.15) is 5.40 Å². The molecule has 1 nitrogen and oxygen atoms in total. The van der Waals surface area contributed by atoms with Crippen molar-refractivity contribution < 1.29 is 0 Å². The fourth-order valence-corrected chi connectivity index (χ4v) is 0.359. The topological polar surface area (TPSA) is 23.8 Å². The van der Waals surface area contributed by atoms with Crippen LogP contribution in [0.25, 0.3) is 0 Å². The number of thiocyanates is 1. The van der Waals surface area contributed by atoms with Crippen molar-refractivity contribution in [2.75, 3.05) is 0 Å². The quantitative estimate of drug-likeness (QED) is 0.412. The summed E-state index contributed by atoms with van der Waals surface area (Å²) >= 11 is 11.0. The first-order chi connectivity index (χ1) is 2.77. The van der Waals surface area contributed by atoms with Crippen LogP contribution < -0.4 is 0 Å². The van der Waals surface area contributed by atoms with Crippen LogP contribution in [0.2, 0.25) is 0 Å². The number of hydrogen-bond donors (Lipinski definition) is 0. The van der Waals surface area contributed by atoms with E-state index in [2.05, 4.69) is 0 Å². The van der Waals surface area contributed by atoms with E-state index in [1.807, 2.05) is 0 Å². The molecule has 4 heteroatoms. The fourth-order valence-electron chi connectivity index (χ4n) is 0.0398. The number of nitrogens with zero attached hydrogens (tertiary/aromatic N) is 1. The lowest BCUT2D eigenvalue weighted by Crippen LogP contribution is -1.67. The van der Waals surface area contributed by atoms with E-state index in [1.165, 1.54) is 0 Å². The van der Waals surface area contributed by atoms with Gasteiger partial charge in [-0.05, 0) is 11.8 Å². The van der Waals surface area contributed by atoms with Crippen molar-refractivity contribution in [1.29, 1.82) is 5.26 Å². The van der Waals surface area contributed by atoms with Crippen LogP contribution in [0, 0.1) is 10.7 Å². The monoisotopic (exact) mass is 141 g/mol. The first-order valence-electron chi connectivity index (χ1n) is 1.10. The van der Waals surface area contributed by atoms with Crippen LogP contribution in [0.4, 0.5) is 0 Å². The maximum atomic E-state index is 7.78. The molecular weight excluding hydrogens is 141 g/mol. The van der Waals surface area contributed by atoms with Crippen molar-refractivity contribution in [1.82, 2.24) is 0 Å². The largest absolute Gasteiger partial charge is 0.185 e. The molecule has 0 bridgehead atoms. The molecule has 0 aromatic rings. The molecule has 0 unspecified atom stereocenters. The summed E-state index contributed by atoms with van der Waals surface area (Å²) in [5, 5.41) is 9.50. The van der Waals surface area contributed by atoms with E-state index in [4.69, 9.17) is 28.5 Å². The lowest BCUT2D eigenvalue weighted by Gasteiger charge is -1.81. The van der Waals surface area contributed by atoms with Crippen molar-refractivity contribution >= 4 is 35.0 Å². The summed E-state index contributed by atoms with van der Waals surface area (Å²) < 4.78 is -0.602. The molecular formula is C2HCl2NS. The lowest BCUT2D eigenvalue weighted by molar-refractivity contribution is 1.57. The van der Waals surface area contributed by atoms with Crippen molar-refractivity contribution in [2.45, 2.75) is 4.17 Å². The molecule has 0 atom stereocenters. The summed E-state index contributed by atoms with van der Waals surface area (Å²) in [4.78, 5) is 0. The van der Waals surface area contributed by atoms with Crippen LogP contribution in [0.3, 0.4) is 0 Å². The molecule has 0 aliphatic carbocycles. The van der Waals surface area contributed by atoms with Crippen LogP contribution >= 0.6 is 35.0 Å². The Balaban J connectivity index is 2.88. The van der Waals surface area contributed by atoms with Crippen LogP contribution in [-0.4, -0.2) is 4.17 Å². The summed E-state index contributed by atoms with van der Waals surface area (Å²) in [5.74, 6) is 0. The Bertz CT molecular complexity index is 66.4. The van der Waals surface area contributed by atoms with Gasteiger partial charge in [-0.1, -0.05) is 23.2 Å². The highest BCUT2D eigenvalue weighted by molar-refractivity contribution is 8.06. The predicted molar refractivity (Wildman–Crippen MR) is 28.7 cm³/mol. The zero-order valence-corrected chi connectivity index (χ0v) is 5.02. The summed E-state index contributed by atoms with van der Waals surface area (Å²) in [7, 11) is 0. The van der Waals surface area contributed by atoms with E-state index < -0.39 is 4.17 Å². The van der Waals surface area contributed by atoms with E-state index in [9.17, 15) is 0 Å². The van der Waals surface area contributed by atoms with Crippen LogP contribution in [0.15, 0.2) is 0 Å². The van der Waals surface area contributed by atoms with Gasteiger partial charge in [0.2, 0.25) is 0 Å². The Morgan fingerprint density at radius 1 is 1.67 bits per heavy atom. The van der Waals surface area contributed by atoms with Gasteiger partial charge in [0.15, 0.2) is 4.17 Å². The van der Waals surface area contributed by atoms with E-state index in [1.54, 1.807) is 5.40 Å². The zero-order valence-electron chi connectivity index (χ0n) is 2.69. The molecule has 34 valence electrons. The van der Waals surface area contributed by atoms with E-state index in [-0.39, 0.29) is 0 Å². The molecule has 0 amide bonds. The second-order valence-corrected chi connectivity index (χ2v) is 2.97. The maximum absolute atomic E-state index is 7.78. The Labute approximate surface area is 50.2 Å². The lowest BCUT2D eigenvalue weighted by atomic mass is 11.8.